The van der Waals surface area contributed by atoms with E-state index in [-0.39, 0.29) is 19.1 Å². The first kappa shape index (κ1) is 12.8. The highest BCUT2D eigenvalue weighted by Gasteiger charge is 2.10. The second-order valence-electron chi connectivity index (χ2n) is 3.46. The fraction of sp³-hybridized carbons (Fsp3) is 0.364. The Morgan fingerprint density at radius 3 is 2.81 bits per heavy atom. The van der Waals surface area contributed by atoms with Gasteiger partial charge in [-0.1, -0.05) is 11.6 Å². The van der Waals surface area contributed by atoms with Crippen LogP contribution in [0, 0.1) is 0 Å². The highest BCUT2D eigenvalue weighted by atomic mass is 35.5. The smallest absolute Gasteiger partial charge is 0.239 e. The Morgan fingerprint density at radius 1 is 1.56 bits per heavy atom. The average Bonchev–Trinajstić information content (AvgIpc) is 2.28. The zero-order valence-electron chi connectivity index (χ0n) is 9.33. The Labute approximate surface area is 99.8 Å². The van der Waals surface area contributed by atoms with Crippen LogP contribution in [0.4, 0.5) is 5.69 Å². The van der Waals surface area contributed by atoms with Crippen molar-refractivity contribution in [2.75, 3.05) is 25.5 Å². The first-order valence-corrected chi connectivity index (χ1v) is 5.27. The van der Waals surface area contributed by atoms with Gasteiger partial charge in [-0.25, -0.2) is 0 Å². The maximum absolute atomic E-state index is 11.2. The Morgan fingerprint density at radius 2 is 2.25 bits per heavy atom. The SMILES string of the molecule is CNC(=O)CN(C)c1ccc(Cl)cc1CO. The molecule has 1 amide bonds. The van der Waals surface area contributed by atoms with Crippen molar-refractivity contribution >= 4 is 23.2 Å². The van der Waals surface area contributed by atoms with Gasteiger partial charge in [0.1, 0.15) is 0 Å². The van der Waals surface area contributed by atoms with Crippen molar-refractivity contribution in [1.82, 2.24) is 5.32 Å². The second kappa shape index (κ2) is 5.72. The van der Waals surface area contributed by atoms with Crippen molar-refractivity contribution in [2.45, 2.75) is 6.61 Å². The molecule has 0 aliphatic heterocycles. The molecule has 1 aromatic carbocycles. The van der Waals surface area contributed by atoms with E-state index in [1.54, 1.807) is 37.2 Å². The minimum absolute atomic E-state index is 0.0821. The summed E-state index contributed by atoms with van der Waals surface area (Å²) >= 11 is 5.82. The van der Waals surface area contributed by atoms with E-state index in [9.17, 15) is 9.90 Å². The number of amides is 1. The molecule has 0 aromatic heterocycles. The summed E-state index contributed by atoms with van der Waals surface area (Å²) in [6.45, 7) is 0.138. The number of anilines is 1. The number of nitrogens with one attached hydrogen (secondary N) is 1. The molecule has 0 atom stereocenters. The molecule has 1 rings (SSSR count). The van der Waals surface area contributed by atoms with E-state index in [1.807, 2.05) is 0 Å². The van der Waals surface area contributed by atoms with Gasteiger partial charge in [0.05, 0.1) is 13.2 Å². The average molecular weight is 243 g/mol. The molecule has 1 aromatic rings. The number of aliphatic hydroxyl groups excluding tert-OH is 1. The molecule has 0 fully saturated rings. The first-order chi connectivity index (χ1) is 7.58. The van der Waals surface area contributed by atoms with Crippen LogP contribution in [0.25, 0.3) is 0 Å². The van der Waals surface area contributed by atoms with Gasteiger partial charge in [0.15, 0.2) is 0 Å². The predicted molar refractivity (Wildman–Crippen MR) is 64.7 cm³/mol. The van der Waals surface area contributed by atoms with Crippen LogP contribution in [-0.4, -0.2) is 31.7 Å². The summed E-state index contributed by atoms with van der Waals surface area (Å²) in [6.07, 6.45) is 0. The van der Waals surface area contributed by atoms with E-state index in [4.69, 9.17) is 11.6 Å². The van der Waals surface area contributed by atoms with Crippen LogP contribution in [0.1, 0.15) is 5.56 Å². The Balaban J connectivity index is 2.90. The summed E-state index contributed by atoms with van der Waals surface area (Å²) in [5, 5.41) is 12.3. The van der Waals surface area contributed by atoms with E-state index in [1.165, 1.54) is 0 Å². The van der Waals surface area contributed by atoms with Gasteiger partial charge in [-0.2, -0.15) is 0 Å². The van der Waals surface area contributed by atoms with E-state index in [2.05, 4.69) is 5.32 Å². The van der Waals surface area contributed by atoms with Gasteiger partial charge in [-0.3, -0.25) is 4.79 Å². The maximum Gasteiger partial charge on any atom is 0.239 e. The summed E-state index contributed by atoms with van der Waals surface area (Å²) in [6, 6.07) is 5.21. The number of halogens is 1. The molecule has 0 aliphatic rings. The normalized spacial score (nSPS) is 10.0. The van der Waals surface area contributed by atoms with Crippen molar-refractivity contribution in [3.63, 3.8) is 0 Å². The summed E-state index contributed by atoms with van der Waals surface area (Å²) in [4.78, 5) is 13.0. The van der Waals surface area contributed by atoms with Crippen molar-refractivity contribution in [3.05, 3.63) is 28.8 Å². The highest BCUT2D eigenvalue weighted by Crippen LogP contribution is 2.23. The van der Waals surface area contributed by atoms with Gasteiger partial charge in [-0.05, 0) is 18.2 Å². The minimum Gasteiger partial charge on any atom is -0.392 e. The number of hydrogen-bond acceptors (Lipinski definition) is 3. The van der Waals surface area contributed by atoms with E-state index in [0.29, 0.717) is 10.6 Å². The zero-order valence-corrected chi connectivity index (χ0v) is 10.1. The third kappa shape index (κ3) is 3.12. The molecule has 88 valence electrons. The monoisotopic (exact) mass is 242 g/mol. The molecule has 0 saturated heterocycles. The molecule has 0 radical (unpaired) electrons. The molecule has 5 heteroatoms. The lowest BCUT2D eigenvalue weighted by atomic mass is 10.1. The minimum atomic E-state index is -0.103. The number of likely N-dealkylation sites (N-methyl/N-ethyl adjacent to an activating group) is 2. The molecule has 0 saturated carbocycles. The van der Waals surface area contributed by atoms with Gasteiger partial charge < -0.3 is 15.3 Å². The lowest BCUT2D eigenvalue weighted by Crippen LogP contribution is -2.33. The van der Waals surface area contributed by atoms with Gasteiger partial charge >= 0.3 is 0 Å². The lowest BCUT2D eigenvalue weighted by molar-refractivity contribution is -0.119. The van der Waals surface area contributed by atoms with E-state index < -0.39 is 0 Å². The summed E-state index contributed by atoms with van der Waals surface area (Å²) in [5.74, 6) is -0.0821. The second-order valence-corrected chi connectivity index (χ2v) is 3.90. The van der Waals surface area contributed by atoms with Gasteiger partial charge in [0.25, 0.3) is 0 Å². The number of hydrogen-bond donors (Lipinski definition) is 2. The summed E-state index contributed by atoms with van der Waals surface area (Å²) < 4.78 is 0. The van der Waals surface area contributed by atoms with Crippen LogP contribution >= 0.6 is 11.6 Å². The number of carbonyl (C=O) groups is 1. The first-order valence-electron chi connectivity index (χ1n) is 4.89. The quantitative estimate of drug-likeness (QED) is 0.829. The Kier molecular flexibility index (Phi) is 4.58. The van der Waals surface area contributed by atoms with Gasteiger partial charge in [0, 0.05) is 30.4 Å². The van der Waals surface area contributed by atoms with Crippen LogP contribution < -0.4 is 10.2 Å². The molecule has 0 heterocycles. The highest BCUT2D eigenvalue weighted by molar-refractivity contribution is 6.30. The number of rotatable bonds is 4. The largest absolute Gasteiger partial charge is 0.392 e. The third-order valence-corrected chi connectivity index (χ3v) is 2.52. The third-order valence-electron chi connectivity index (χ3n) is 2.28. The van der Waals surface area contributed by atoms with Crippen molar-refractivity contribution in [2.24, 2.45) is 0 Å². The molecule has 4 nitrogen and oxygen atoms in total. The summed E-state index contributed by atoms with van der Waals surface area (Å²) in [5.41, 5.74) is 1.51. The topological polar surface area (TPSA) is 52.6 Å². The molecule has 16 heavy (non-hydrogen) atoms. The van der Waals surface area contributed by atoms with Gasteiger partial charge in [-0.15, -0.1) is 0 Å². The fourth-order valence-electron chi connectivity index (χ4n) is 1.43. The molecular formula is C11H15ClN2O2. The molecule has 0 bridgehead atoms. The maximum atomic E-state index is 11.2. The van der Waals surface area contributed by atoms with Crippen LogP contribution in [0.2, 0.25) is 5.02 Å². The van der Waals surface area contributed by atoms with Gasteiger partial charge in [0.2, 0.25) is 5.91 Å². The van der Waals surface area contributed by atoms with Crippen molar-refractivity contribution in [1.29, 1.82) is 0 Å². The molecular weight excluding hydrogens is 228 g/mol. The number of aliphatic hydroxyl groups is 1. The predicted octanol–water partition coefficient (Wildman–Crippen LogP) is 1.01. The van der Waals surface area contributed by atoms with Crippen molar-refractivity contribution < 1.29 is 9.90 Å². The van der Waals surface area contributed by atoms with E-state index in [0.717, 1.165) is 5.69 Å². The zero-order chi connectivity index (χ0) is 12.1. The van der Waals surface area contributed by atoms with Crippen LogP contribution in [0.5, 0.6) is 0 Å². The summed E-state index contributed by atoms with van der Waals surface area (Å²) in [7, 11) is 3.38. The van der Waals surface area contributed by atoms with Crippen molar-refractivity contribution in [3.8, 4) is 0 Å². The molecule has 0 unspecified atom stereocenters. The Bertz CT molecular complexity index is 382. The molecule has 0 aliphatic carbocycles. The number of carbonyl (C=O) groups excluding carboxylic acids is 1. The lowest BCUT2D eigenvalue weighted by Gasteiger charge is -2.21. The number of nitrogens with zero attached hydrogens (tertiary/aromatic N) is 1. The molecule has 0 spiro atoms. The van der Waals surface area contributed by atoms with Crippen LogP contribution in [0.15, 0.2) is 18.2 Å². The Hall–Kier alpha value is -1.26. The molecule has 2 N–H and O–H groups in total. The van der Waals surface area contributed by atoms with Crippen LogP contribution in [-0.2, 0) is 11.4 Å². The van der Waals surface area contributed by atoms with Crippen LogP contribution in [0.3, 0.4) is 0 Å². The van der Waals surface area contributed by atoms with E-state index >= 15 is 0 Å². The fourth-order valence-corrected chi connectivity index (χ4v) is 1.63. The standard InChI is InChI=1S/C11H15ClN2O2/c1-13-11(16)6-14(2)10-4-3-9(12)5-8(10)7-15/h3-5,15H,6-7H2,1-2H3,(H,13,16). The number of benzene rings is 1.